The highest BCUT2D eigenvalue weighted by molar-refractivity contribution is 5.88. The van der Waals surface area contributed by atoms with E-state index in [-0.39, 0.29) is 5.91 Å². The number of rotatable bonds is 6. The van der Waals surface area contributed by atoms with Crippen LogP contribution in [0.5, 0.6) is 0 Å². The number of carbonyl (C=O) groups excluding carboxylic acids is 2. The van der Waals surface area contributed by atoms with Gasteiger partial charge in [0, 0.05) is 12.4 Å². The number of ether oxygens (including phenoxy) is 2. The quantitative estimate of drug-likeness (QED) is 0.857. The Morgan fingerprint density at radius 1 is 1.23 bits per heavy atom. The van der Waals surface area contributed by atoms with E-state index >= 15 is 0 Å². The molecule has 2 aromatic rings. The average Bonchev–Trinajstić information content (AvgIpc) is 3.11. The van der Waals surface area contributed by atoms with Crippen LogP contribution in [0.15, 0.2) is 49.1 Å². The van der Waals surface area contributed by atoms with Gasteiger partial charge in [-0.15, -0.1) is 0 Å². The second-order valence-electron chi connectivity index (χ2n) is 6.93. The van der Waals surface area contributed by atoms with Crippen molar-refractivity contribution < 1.29 is 19.1 Å². The minimum absolute atomic E-state index is 0.325. The van der Waals surface area contributed by atoms with Crippen LogP contribution in [0, 0.1) is 0 Å². The summed E-state index contributed by atoms with van der Waals surface area (Å²) in [6.07, 6.45) is 3.16. The molecule has 1 aromatic carbocycles. The molecule has 0 aliphatic rings. The van der Waals surface area contributed by atoms with Crippen LogP contribution < -0.4 is 5.32 Å². The fourth-order valence-electron chi connectivity index (χ4n) is 2.26. The van der Waals surface area contributed by atoms with Crippen LogP contribution in [0.3, 0.4) is 0 Å². The van der Waals surface area contributed by atoms with E-state index in [9.17, 15) is 9.59 Å². The highest BCUT2D eigenvalue weighted by atomic mass is 16.6. The SMILES string of the molecule is C[C@H](OCc1ccccc1)[C@H](NC(=O)OC(C)(C)C)C(=O)n1ccnc1. The lowest BCUT2D eigenvalue weighted by atomic mass is 10.1. The molecule has 0 saturated carbocycles. The van der Waals surface area contributed by atoms with Crippen molar-refractivity contribution in [2.24, 2.45) is 0 Å². The molecule has 0 aliphatic heterocycles. The largest absolute Gasteiger partial charge is 0.444 e. The standard InChI is InChI=1S/C19H25N3O4/c1-14(25-12-15-8-6-5-7-9-15)16(17(23)22-11-10-20-13-22)21-18(24)26-19(2,3)4/h5-11,13-14,16H,12H2,1-4H3,(H,21,24)/t14-,16-/m0/s1. The summed E-state index contributed by atoms with van der Waals surface area (Å²) in [5.41, 5.74) is 0.311. The number of aromatic nitrogens is 2. The number of carbonyl (C=O) groups is 2. The van der Waals surface area contributed by atoms with Crippen LogP contribution >= 0.6 is 0 Å². The van der Waals surface area contributed by atoms with E-state index in [0.29, 0.717) is 6.61 Å². The van der Waals surface area contributed by atoms with Crippen molar-refractivity contribution in [1.82, 2.24) is 14.9 Å². The van der Waals surface area contributed by atoms with Crippen molar-refractivity contribution in [3.63, 3.8) is 0 Å². The van der Waals surface area contributed by atoms with Crippen LogP contribution in [0.25, 0.3) is 0 Å². The van der Waals surface area contributed by atoms with Crippen LogP contribution in [-0.2, 0) is 16.1 Å². The minimum Gasteiger partial charge on any atom is -0.444 e. The van der Waals surface area contributed by atoms with Gasteiger partial charge in [-0.05, 0) is 33.3 Å². The van der Waals surface area contributed by atoms with Crippen molar-refractivity contribution >= 4 is 12.0 Å². The van der Waals surface area contributed by atoms with Gasteiger partial charge in [0.2, 0.25) is 0 Å². The summed E-state index contributed by atoms with van der Waals surface area (Å²) in [5.74, 6) is -0.353. The molecule has 7 nitrogen and oxygen atoms in total. The number of nitrogens with zero attached hydrogens (tertiary/aromatic N) is 2. The molecule has 0 spiro atoms. The third-order valence-electron chi connectivity index (χ3n) is 3.52. The minimum atomic E-state index is -0.914. The number of nitrogens with one attached hydrogen (secondary N) is 1. The molecular weight excluding hydrogens is 334 g/mol. The second kappa shape index (κ2) is 8.62. The maximum Gasteiger partial charge on any atom is 0.408 e. The highest BCUT2D eigenvalue weighted by Crippen LogP contribution is 2.11. The van der Waals surface area contributed by atoms with Gasteiger partial charge >= 0.3 is 6.09 Å². The van der Waals surface area contributed by atoms with Gasteiger partial charge in [0.1, 0.15) is 18.0 Å². The number of amides is 1. The molecule has 0 fully saturated rings. The van der Waals surface area contributed by atoms with Crippen LogP contribution in [0.1, 0.15) is 38.1 Å². The summed E-state index contributed by atoms with van der Waals surface area (Å²) in [4.78, 5) is 28.8. The Kier molecular flexibility index (Phi) is 6.52. The Hall–Kier alpha value is -2.67. The zero-order chi connectivity index (χ0) is 19.2. The molecule has 0 radical (unpaired) electrons. The molecule has 1 N–H and O–H groups in total. The molecule has 1 heterocycles. The van der Waals surface area contributed by atoms with Gasteiger partial charge in [-0.1, -0.05) is 30.3 Å². The summed E-state index contributed by atoms with van der Waals surface area (Å²) in [5, 5.41) is 2.61. The van der Waals surface area contributed by atoms with Gasteiger partial charge in [-0.25, -0.2) is 9.78 Å². The maximum absolute atomic E-state index is 12.7. The lowest BCUT2D eigenvalue weighted by Gasteiger charge is -2.26. The number of alkyl carbamates (subject to hydrolysis) is 1. The van der Waals surface area contributed by atoms with Crippen molar-refractivity contribution in [2.45, 2.75) is 52.0 Å². The first-order valence-corrected chi connectivity index (χ1v) is 8.43. The van der Waals surface area contributed by atoms with Gasteiger partial charge in [-0.2, -0.15) is 0 Å². The number of benzene rings is 1. The Morgan fingerprint density at radius 2 is 1.92 bits per heavy atom. The Balaban J connectivity index is 2.08. The fourth-order valence-corrected chi connectivity index (χ4v) is 2.26. The van der Waals surface area contributed by atoms with Gasteiger partial charge in [0.15, 0.2) is 0 Å². The highest BCUT2D eigenvalue weighted by Gasteiger charge is 2.30. The fraction of sp³-hybridized carbons (Fsp3) is 0.421. The second-order valence-corrected chi connectivity index (χ2v) is 6.93. The monoisotopic (exact) mass is 359 g/mol. The van der Waals surface area contributed by atoms with Gasteiger partial charge in [-0.3, -0.25) is 9.36 Å². The normalized spacial score (nSPS) is 13.7. The van der Waals surface area contributed by atoms with Crippen molar-refractivity contribution in [3.05, 3.63) is 54.6 Å². The molecule has 0 saturated heterocycles. The first-order chi connectivity index (χ1) is 12.3. The Labute approximate surface area is 153 Å². The van der Waals surface area contributed by atoms with E-state index < -0.39 is 23.8 Å². The van der Waals surface area contributed by atoms with E-state index in [0.717, 1.165) is 5.56 Å². The Bertz CT molecular complexity index is 708. The number of imidazole rings is 1. The number of hydrogen-bond donors (Lipinski definition) is 1. The zero-order valence-corrected chi connectivity index (χ0v) is 15.5. The smallest absolute Gasteiger partial charge is 0.408 e. The molecule has 0 bridgehead atoms. The van der Waals surface area contributed by atoms with Gasteiger partial charge in [0.05, 0.1) is 12.7 Å². The molecule has 0 aliphatic carbocycles. The topological polar surface area (TPSA) is 82.5 Å². The molecule has 1 amide bonds. The lowest BCUT2D eigenvalue weighted by Crippen LogP contribution is -2.51. The van der Waals surface area contributed by atoms with Crippen LogP contribution in [0.2, 0.25) is 0 Å². The third kappa shape index (κ3) is 6.00. The Morgan fingerprint density at radius 3 is 2.50 bits per heavy atom. The summed E-state index contributed by atoms with van der Waals surface area (Å²) in [6.45, 7) is 7.34. The van der Waals surface area contributed by atoms with Crippen molar-refractivity contribution in [1.29, 1.82) is 0 Å². The van der Waals surface area contributed by atoms with E-state index in [1.165, 1.54) is 23.3 Å². The molecule has 2 atom stereocenters. The molecule has 140 valence electrons. The molecular formula is C19H25N3O4. The first kappa shape index (κ1) is 19.7. The third-order valence-corrected chi connectivity index (χ3v) is 3.52. The van der Waals surface area contributed by atoms with Crippen LogP contribution in [0.4, 0.5) is 4.79 Å². The van der Waals surface area contributed by atoms with Crippen molar-refractivity contribution in [2.75, 3.05) is 0 Å². The van der Waals surface area contributed by atoms with Crippen LogP contribution in [-0.4, -0.2) is 39.3 Å². The summed E-state index contributed by atoms with van der Waals surface area (Å²) in [7, 11) is 0. The predicted octanol–water partition coefficient (Wildman–Crippen LogP) is 3.02. The first-order valence-electron chi connectivity index (χ1n) is 8.43. The molecule has 7 heteroatoms. The van der Waals surface area contributed by atoms with E-state index in [1.54, 1.807) is 27.7 Å². The predicted molar refractivity (Wildman–Crippen MR) is 96.7 cm³/mol. The number of hydrogen-bond acceptors (Lipinski definition) is 5. The summed E-state index contributed by atoms with van der Waals surface area (Å²) < 4.78 is 12.4. The average molecular weight is 359 g/mol. The summed E-state index contributed by atoms with van der Waals surface area (Å²) in [6, 6.07) is 8.69. The van der Waals surface area contributed by atoms with E-state index in [4.69, 9.17) is 9.47 Å². The lowest BCUT2D eigenvalue weighted by molar-refractivity contribution is 0.0129. The molecule has 1 aromatic heterocycles. The molecule has 2 rings (SSSR count). The van der Waals surface area contributed by atoms with Gasteiger partial charge in [0.25, 0.3) is 5.91 Å². The summed E-state index contributed by atoms with van der Waals surface area (Å²) >= 11 is 0. The molecule has 0 unspecified atom stereocenters. The van der Waals surface area contributed by atoms with Crippen molar-refractivity contribution in [3.8, 4) is 0 Å². The van der Waals surface area contributed by atoms with Gasteiger partial charge < -0.3 is 14.8 Å². The van der Waals surface area contributed by atoms with E-state index in [2.05, 4.69) is 10.3 Å². The van der Waals surface area contributed by atoms with E-state index in [1.807, 2.05) is 30.3 Å². The maximum atomic E-state index is 12.7. The molecule has 26 heavy (non-hydrogen) atoms. The zero-order valence-electron chi connectivity index (χ0n) is 15.5.